The van der Waals surface area contributed by atoms with Crippen LogP contribution < -0.4 is 14.2 Å². The Morgan fingerprint density at radius 2 is 1.62 bits per heavy atom. The van der Waals surface area contributed by atoms with E-state index in [0.29, 0.717) is 17.6 Å². The summed E-state index contributed by atoms with van der Waals surface area (Å²) in [6, 6.07) is 15.3. The van der Waals surface area contributed by atoms with Crippen LogP contribution in [0.4, 0.5) is 0 Å². The van der Waals surface area contributed by atoms with Crippen molar-refractivity contribution in [3.05, 3.63) is 48.5 Å². The first-order valence-corrected chi connectivity index (χ1v) is 13.1. The van der Waals surface area contributed by atoms with Crippen molar-refractivity contribution < 1.29 is 26.8 Å². The maximum atomic E-state index is 11.0. The minimum atomic E-state index is -3.48. The fourth-order valence-electron chi connectivity index (χ4n) is 3.81. The molecule has 1 heterocycles. The summed E-state index contributed by atoms with van der Waals surface area (Å²) >= 11 is 0. The molecule has 0 radical (unpaired) electrons. The zero-order valence-corrected chi connectivity index (χ0v) is 20.2. The summed E-state index contributed by atoms with van der Waals surface area (Å²) in [5.41, 5.74) is 1.67. The highest BCUT2D eigenvalue weighted by Gasteiger charge is 2.20. The highest BCUT2D eigenvalue weighted by atomic mass is 32.2. The molecule has 3 aromatic rings. The third-order valence-corrected chi connectivity index (χ3v) is 6.09. The van der Waals surface area contributed by atoms with Crippen molar-refractivity contribution in [1.82, 2.24) is 14.8 Å². The Morgan fingerprint density at radius 1 is 0.941 bits per heavy atom. The minimum Gasteiger partial charge on any atom is -0.497 e. The highest BCUT2D eigenvalue weighted by molar-refractivity contribution is 7.85. The van der Waals surface area contributed by atoms with Gasteiger partial charge < -0.3 is 14.2 Å². The van der Waals surface area contributed by atoms with Crippen LogP contribution in [0, 0.1) is 0 Å². The normalized spacial score (nSPS) is 14.6. The van der Waals surface area contributed by atoms with Gasteiger partial charge in [-0.05, 0) is 74.2 Å². The molecule has 0 atom stereocenters. The molecule has 0 N–H and O–H groups in total. The molecule has 34 heavy (non-hydrogen) atoms. The molecule has 1 aliphatic carbocycles. The van der Waals surface area contributed by atoms with Gasteiger partial charge in [-0.1, -0.05) is 6.42 Å². The lowest BCUT2D eigenvalue weighted by molar-refractivity contribution is 0.142. The van der Waals surface area contributed by atoms with Crippen molar-refractivity contribution in [2.45, 2.75) is 38.2 Å². The van der Waals surface area contributed by atoms with Gasteiger partial charge in [0.15, 0.2) is 5.82 Å². The molecule has 0 unspecified atom stereocenters. The van der Waals surface area contributed by atoms with Gasteiger partial charge >= 0.3 is 6.01 Å². The van der Waals surface area contributed by atoms with Crippen LogP contribution in [0.25, 0.3) is 17.1 Å². The van der Waals surface area contributed by atoms with Crippen LogP contribution in [0.5, 0.6) is 17.5 Å². The number of rotatable bonds is 10. The molecule has 0 spiro atoms. The summed E-state index contributed by atoms with van der Waals surface area (Å²) in [5, 5.41) is 4.65. The monoisotopic (exact) mass is 487 g/mol. The van der Waals surface area contributed by atoms with Gasteiger partial charge in [-0.15, -0.1) is 5.10 Å². The van der Waals surface area contributed by atoms with E-state index >= 15 is 0 Å². The Labute approximate surface area is 199 Å². The number of aromatic nitrogens is 3. The van der Waals surface area contributed by atoms with Gasteiger partial charge in [-0.3, -0.25) is 4.18 Å². The van der Waals surface area contributed by atoms with E-state index in [9.17, 15) is 8.42 Å². The summed E-state index contributed by atoms with van der Waals surface area (Å²) in [5.74, 6) is 1.99. The van der Waals surface area contributed by atoms with Gasteiger partial charge in [0.1, 0.15) is 30.8 Å². The molecule has 10 heteroatoms. The van der Waals surface area contributed by atoms with Crippen LogP contribution in [-0.2, 0) is 14.3 Å². The second kappa shape index (κ2) is 10.9. The van der Waals surface area contributed by atoms with Crippen LogP contribution in [0.2, 0.25) is 0 Å². The van der Waals surface area contributed by atoms with E-state index < -0.39 is 10.1 Å². The lowest BCUT2D eigenvalue weighted by Gasteiger charge is -2.20. The Hall–Kier alpha value is -3.11. The van der Waals surface area contributed by atoms with Gasteiger partial charge in [0.05, 0.1) is 19.1 Å². The third-order valence-electron chi connectivity index (χ3n) is 5.49. The number of hydrogen-bond donors (Lipinski definition) is 0. The van der Waals surface area contributed by atoms with E-state index in [1.807, 2.05) is 36.4 Å². The second-order valence-corrected chi connectivity index (χ2v) is 9.75. The van der Waals surface area contributed by atoms with Crippen molar-refractivity contribution in [3.63, 3.8) is 0 Å². The Bertz CT molecular complexity index is 1170. The topological polar surface area (TPSA) is 102 Å². The van der Waals surface area contributed by atoms with Crippen molar-refractivity contribution in [3.8, 4) is 34.6 Å². The third kappa shape index (κ3) is 6.48. The van der Waals surface area contributed by atoms with E-state index in [4.69, 9.17) is 23.4 Å². The van der Waals surface area contributed by atoms with E-state index in [1.54, 1.807) is 23.9 Å². The van der Waals surface area contributed by atoms with Gasteiger partial charge in [-0.2, -0.15) is 13.4 Å². The molecular formula is C24H29N3O6S. The van der Waals surface area contributed by atoms with Crippen LogP contribution in [0.1, 0.15) is 32.1 Å². The predicted octanol–water partition coefficient (Wildman–Crippen LogP) is 4.01. The number of nitrogens with zero attached hydrogens (tertiary/aromatic N) is 3. The zero-order valence-electron chi connectivity index (χ0n) is 19.3. The first kappa shape index (κ1) is 24.0. The summed E-state index contributed by atoms with van der Waals surface area (Å²) in [7, 11) is -1.86. The van der Waals surface area contributed by atoms with Crippen molar-refractivity contribution in [1.29, 1.82) is 0 Å². The van der Waals surface area contributed by atoms with E-state index in [0.717, 1.165) is 48.9 Å². The maximum Gasteiger partial charge on any atom is 0.336 e. The Morgan fingerprint density at radius 3 is 2.26 bits per heavy atom. The summed E-state index contributed by atoms with van der Waals surface area (Å²) in [6.45, 7) is 0.0715. The van der Waals surface area contributed by atoms with Crippen LogP contribution >= 0.6 is 0 Å². The Balaban J connectivity index is 1.54. The molecule has 0 bridgehead atoms. The Kier molecular flexibility index (Phi) is 7.69. The lowest BCUT2D eigenvalue weighted by atomic mass is 9.98. The predicted molar refractivity (Wildman–Crippen MR) is 127 cm³/mol. The molecule has 0 saturated heterocycles. The maximum absolute atomic E-state index is 11.0. The molecule has 4 rings (SSSR count). The quantitative estimate of drug-likeness (QED) is 0.312. The SMILES string of the molecule is COc1ccc(-n2nc(OC3CCCCC3)nc2-c2ccc(OCCOS(C)(=O)=O)cc2)cc1. The average Bonchev–Trinajstić information content (AvgIpc) is 3.26. The van der Waals surface area contributed by atoms with Crippen molar-refractivity contribution >= 4 is 10.1 Å². The van der Waals surface area contributed by atoms with E-state index in [2.05, 4.69) is 5.10 Å². The number of hydrogen-bond acceptors (Lipinski definition) is 8. The van der Waals surface area contributed by atoms with Crippen LogP contribution in [0.15, 0.2) is 48.5 Å². The highest BCUT2D eigenvalue weighted by Crippen LogP contribution is 2.28. The summed E-state index contributed by atoms with van der Waals surface area (Å²) in [4.78, 5) is 4.70. The number of benzene rings is 2. The summed E-state index contributed by atoms with van der Waals surface area (Å²) < 4.78 is 45.5. The van der Waals surface area contributed by atoms with Gasteiger partial charge in [-0.25, -0.2) is 4.68 Å². The number of ether oxygens (including phenoxy) is 3. The summed E-state index contributed by atoms with van der Waals surface area (Å²) in [6.07, 6.45) is 6.74. The zero-order chi connectivity index (χ0) is 24.0. The van der Waals surface area contributed by atoms with Gasteiger partial charge in [0, 0.05) is 5.56 Å². The molecule has 0 aliphatic heterocycles. The molecule has 1 saturated carbocycles. The minimum absolute atomic E-state index is 0.0474. The average molecular weight is 488 g/mol. The first-order chi connectivity index (χ1) is 16.4. The standard InChI is InChI=1S/C24H29N3O6S/c1-30-20-14-10-19(11-15-20)27-23(25-24(26-27)33-22-6-4-3-5-7-22)18-8-12-21(13-9-18)31-16-17-32-34(2,28)29/h8-15,22H,3-7,16-17H2,1-2H3. The first-order valence-electron chi connectivity index (χ1n) is 11.3. The molecule has 1 aliphatic rings. The fraction of sp³-hybridized carbons (Fsp3) is 0.417. The van der Waals surface area contributed by atoms with Gasteiger partial charge in [0.25, 0.3) is 10.1 Å². The van der Waals surface area contributed by atoms with E-state index in [-0.39, 0.29) is 19.3 Å². The number of methoxy groups -OCH3 is 1. The van der Waals surface area contributed by atoms with E-state index in [1.165, 1.54) is 6.42 Å². The lowest BCUT2D eigenvalue weighted by Crippen LogP contribution is -2.20. The fourth-order valence-corrected chi connectivity index (χ4v) is 4.18. The molecular weight excluding hydrogens is 458 g/mol. The van der Waals surface area contributed by atoms with Crippen LogP contribution in [0.3, 0.4) is 0 Å². The molecule has 2 aromatic carbocycles. The van der Waals surface area contributed by atoms with Gasteiger partial charge in [0.2, 0.25) is 0 Å². The molecule has 1 fully saturated rings. The second-order valence-electron chi connectivity index (χ2n) is 8.10. The molecule has 1 aromatic heterocycles. The van der Waals surface area contributed by atoms with Crippen LogP contribution in [-0.4, -0.2) is 55.9 Å². The van der Waals surface area contributed by atoms with Crippen molar-refractivity contribution in [2.24, 2.45) is 0 Å². The largest absolute Gasteiger partial charge is 0.497 e. The molecule has 9 nitrogen and oxygen atoms in total. The van der Waals surface area contributed by atoms with Crippen molar-refractivity contribution in [2.75, 3.05) is 26.6 Å². The molecule has 0 amide bonds. The molecule has 182 valence electrons. The smallest absolute Gasteiger partial charge is 0.336 e.